The van der Waals surface area contributed by atoms with Crippen molar-refractivity contribution in [3.05, 3.63) is 107 Å². The highest BCUT2D eigenvalue weighted by Gasteiger charge is 2.23. The number of aromatic hydroxyl groups is 1. The Balaban J connectivity index is 1.98. The molecule has 0 unspecified atom stereocenters. The summed E-state index contributed by atoms with van der Waals surface area (Å²) in [5.41, 5.74) is 2.36. The fourth-order valence-corrected chi connectivity index (χ4v) is 3.17. The first-order valence-electron chi connectivity index (χ1n) is 8.95. The van der Waals surface area contributed by atoms with Gasteiger partial charge in [-0.2, -0.15) is 0 Å². The van der Waals surface area contributed by atoms with E-state index in [0.717, 1.165) is 5.69 Å². The summed E-state index contributed by atoms with van der Waals surface area (Å²) in [5, 5.41) is 11.0. The Labute approximate surface area is 162 Å². The molecule has 3 aromatic carbocycles. The summed E-state index contributed by atoms with van der Waals surface area (Å²) in [5.74, 6) is -0.141. The SMILES string of the molecule is CC(=Nc1ccccc1)c1c(O)n(-c2ccccc2)n(-c2ccccc2)c1=O. The molecule has 0 saturated heterocycles. The second kappa shape index (κ2) is 7.40. The quantitative estimate of drug-likeness (QED) is 0.540. The molecule has 0 aliphatic heterocycles. The van der Waals surface area contributed by atoms with Crippen LogP contribution in [-0.4, -0.2) is 20.2 Å². The lowest BCUT2D eigenvalue weighted by Crippen LogP contribution is -2.22. The lowest BCUT2D eigenvalue weighted by molar-refractivity contribution is 0.424. The van der Waals surface area contributed by atoms with Crippen LogP contribution in [0.1, 0.15) is 12.5 Å². The highest BCUT2D eigenvalue weighted by Crippen LogP contribution is 2.24. The van der Waals surface area contributed by atoms with Gasteiger partial charge in [-0.3, -0.25) is 9.79 Å². The maximum Gasteiger partial charge on any atom is 0.284 e. The van der Waals surface area contributed by atoms with Crippen molar-refractivity contribution in [3.63, 3.8) is 0 Å². The molecule has 4 rings (SSSR count). The minimum atomic E-state index is -0.329. The first-order valence-corrected chi connectivity index (χ1v) is 8.95. The largest absolute Gasteiger partial charge is 0.493 e. The van der Waals surface area contributed by atoms with Crippen molar-refractivity contribution in [2.45, 2.75) is 6.92 Å². The molecule has 138 valence electrons. The Hall–Kier alpha value is -3.86. The fourth-order valence-electron chi connectivity index (χ4n) is 3.17. The van der Waals surface area contributed by atoms with Crippen molar-refractivity contribution in [1.29, 1.82) is 0 Å². The smallest absolute Gasteiger partial charge is 0.284 e. The lowest BCUT2D eigenvalue weighted by Gasteiger charge is -2.12. The molecule has 0 saturated carbocycles. The number of rotatable bonds is 4. The van der Waals surface area contributed by atoms with E-state index in [0.29, 0.717) is 17.1 Å². The number of para-hydroxylation sites is 3. The average Bonchev–Trinajstić information content (AvgIpc) is 3.00. The van der Waals surface area contributed by atoms with E-state index >= 15 is 0 Å². The van der Waals surface area contributed by atoms with Crippen LogP contribution in [0, 0.1) is 0 Å². The topological polar surface area (TPSA) is 59.5 Å². The summed E-state index contributed by atoms with van der Waals surface area (Å²) in [4.78, 5) is 17.8. The summed E-state index contributed by atoms with van der Waals surface area (Å²) < 4.78 is 2.97. The molecule has 4 aromatic rings. The number of aliphatic imine (C=N–C) groups is 1. The molecule has 0 aliphatic carbocycles. The molecule has 0 spiro atoms. The third-order valence-electron chi connectivity index (χ3n) is 4.45. The molecular formula is C23H19N3O2. The molecule has 0 amide bonds. The lowest BCUT2D eigenvalue weighted by atomic mass is 10.2. The number of hydrogen-bond donors (Lipinski definition) is 1. The third kappa shape index (κ3) is 3.14. The van der Waals surface area contributed by atoms with Gasteiger partial charge >= 0.3 is 0 Å². The summed E-state index contributed by atoms with van der Waals surface area (Å²) in [6.07, 6.45) is 0. The van der Waals surface area contributed by atoms with E-state index in [-0.39, 0.29) is 17.0 Å². The average molecular weight is 369 g/mol. The normalized spacial score (nSPS) is 11.5. The Morgan fingerprint density at radius 1 is 0.750 bits per heavy atom. The molecule has 5 nitrogen and oxygen atoms in total. The first-order chi connectivity index (χ1) is 13.7. The molecule has 0 aliphatic rings. The minimum absolute atomic E-state index is 0.141. The summed E-state index contributed by atoms with van der Waals surface area (Å²) in [6, 6.07) is 27.9. The van der Waals surface area contributed by atoms with Crippen molar-refractivity contribution < 1.29 is 5.11 Å². The molecular weight excluding hydrogens is 350 g/mol. The van der Waals surface area contributed by atoms with Crippen LogP contribution >= 0.6 is 0 Å². The molecule has 0 bridgehead atoms. The van der Waals surface area contributed by atoms with Crippen molar-refractivity contribution >= 4 is 11.4 Å². The fraction of sp³-hybridized carbons (Fsp3) is 0.0435. The zero-order valence-electron chi connectivity index (χ0n) is 15.4. The van der Waals surface area contributed by atoms with Crippen LogP contribution in [0.2, 0.25) is 0 Å². The van der Waals surface area contributed by atoms with Gasteiger partial charge in [0.25, 0.3) is 5.56 Å². The van der Waals surface area contributed by atoms with Crippen molar-refractivity contribution in [1.82, 2.24) is 9.36 Å². The van der Waals surface area contributed by atoms with Crippen LogP contribution in [0.15, 0.2) is 101 Å². The van der Waals surface area contributed by atoms with E-state index in [1.54, 1.807) is 6.92 Å². The van der Waals surface area contributed by atoms with Gasteiger partial charge in [0, 0.05) is 0 Å². The van der Waals surface area contributed by atoms with Gasteiger partial charge in [-0.1, -0.05) is 54.6 Å². The maximum atomic E-state index is 13.3. The van der Waals surface area contributed by atoms with E-state index in [4.69, 9.17) is 0 Å². The number of aromatic nitrogens is 2. The zero-order valence-corrected chi connectivity index (χ0v) is 15.4. The Kier molecular flexibility index (Phi) is 4.64. The molecule has 1 N–H and O–H groups in total. The van der Waals surface area contributed by atoms with E-state index in [9.17, 15) is 9.90 Å². The van der Waals surface area contributed by atoms with E-state index in [1.807, 2.05) is 91.0 Å². The van der Waals surface area contributed by atoms with Crippen LogP contribution in [0.4, 0.5) is 5.69 Å². The second-order valence-electron chi connectivity index (χ2n) is 6.33. The molecule has 0 radical (unpaired) electrons. The van der Waals surface area contributed by atoms with E-state index < -0.39 is 0 Å². The van der Waals surface area contributed by atoms with Crippen LogP contribution in [0.3, 0.4) is 0 Å². The Morgan fingerprint density at radius 2 is 1.21 bits per heavy atom. The molecule has 0 fully saturated rings. The van der Waals surface area contributed by atoms with Gasteiger partial charge < -0.3 is 5.11 Å². The summed E-state index contributed by atoms with van der Waals surface area (Å²) in [6.45, 7) is 1.73. The predicted molar refractivity (Wildman–Crippen MR) is 111 cm³/mol. The van der Waals surface area contributed by atoms with Crippen LogP contribution in [-0.2, 0) is 0 Å². The molecule has 1 heterocycles. The van der Waals surface area contributed by atoms with Gasteiger partial charge in [0.05, 0.1) is 22.8 Å². The maximum absolute atomic E-state index is 13.3. The van der Waals surface area contributed by atoms with E-state index in [2.05, 4.69) is 4.99 Å². The van der Waals surface area contributed by atoms with Gasteiger partial charge in [-0.05, 0) is 43.3 Å². The van der Waals surface area contributed by atoms with Gasteiger partial charge in [0.15, 0.2) is 0 Å². The molecule has 0 atom stereocenters. The molecule has 5 heteroatoms. The van der Waals surface area contributed by atoms with Crippen LogP contribution in [0.5, 0.6) is 5.88 Å². The van der Waals surface area contributed by atoms with Crippen molar-refractivity contribution in [2.75, 3.05) is 0 Å². The predicted octanol–water partition coefficient (Wildman–Crippen LogP) is 4.47. The monoisotopic (exact) mass is 369 g/mol. The highest BCUT2D eigenvalue weighted by atomic mass is 16.3. The van der Waals surface area contributed by atoms with Crippen LogP contribution in [0.25, 0.3) is 11.4 Å². The Bertz CT molecular complexity index is 1180. The standard InChI is InChI=1S/C23H19N3O2/c1-17(24-18-11-5-2-6-12-18)21-22(27)25(19-13-7-3-8-14-19)26(23(21)28)20-15-9-4-10-16-20/h2-16,27H,1H3. The number of hydrogen-bond acceptors (Lipinski definition) is 3. The molecule has 1 aromatic heterocycles. The van der Waals surface area contributed by atoms with Crippen LogP contribution < -0.4 is 5.56 Å². The van der Waals surface area contributed by atoms with E-state index in [1.165, 1.54) is 9.36 Å². The van der Waals surface area contributed by atoms with Gasteiger partial charge in [-0.15, -0.1) is 0 Å². The highest BCUT2D eigenvalue weighted by molar-refractivity contribution is 6.02. The second-order valence-corrected chi connectivity index (χ2v) is 6.33. The third-order valence-corrected chi connectivity index (χ3v) is 4.45. The first kappa shape index (κ1) is 17.5. The van der Waals surface area contributed by atoms with Crippen molar-refractivity contribution in [3.8, 4) is 17.3 Å². The number of benzene rings is 3. The number of nitrogens with zero attached hydrogens (tertiary/aromatic N) is 3. The van der Waals surface area contributed by atoms with Gasteiger partial charge in [0.2, 0.25) is 5.88 Å². The van der Waals surface area contributed by atoms with Crippen molar-refractivity contribution in [2.24, 2.45) is 4.99 Å². The zero-order chi connectivity index (χ0) is 19.5. The summed E-state index contributed by atoms with van der Waals surface area (Å²) in [7, 11) is 0. The minimum Gasteiger partial charge on any atom is -0.493 e. The summed E-state index contributed by atoms with van der Waals surface area (Å²) >= 11 is 0. The Morgan fingerprint density at radius 3 is 1.75 bits per heavy atom. The molecule has 28 heavy (non-hydrogen) atoms. The van der Waals surface area contributed by atoms with Gasteiger partial charge in [-0.25, -0.2) is 9.36 Å². The van der Waals surface area contributed by atoms with Gasteiger partial charge in [0.1, 0.15) is 5.56 Å².